The van der Waals surface area contributed by atoms with Gasteiger partial charge in [-0.1, -0.05) is 32.8 Å². The van der Waals surface area contributed by atoms with E-state index in [1.165, 1.54) is 4.88 Å². The fourth-order valence-corrected chi connectivity index (χ4v) is 3.67. The maximum atomic E-state index is 12.4. The van der Waals surface area contributed by atoms with E-state index in [1.807, 2.05) is 0 Å². The lowest BCUT2D eigenvalue weighted by Crippen LogP contribution is -2.47. The summed E-state index contributed by atoms with van der Waals surface area (Å²) in [6, 6.07) is 4.19. The summed E-state index contributed by atoms with van der Waals surface area (Å²) in [5.74, 6) is 0.150. The van der Waals surface area contributed by atoms with Crippen LogP contribution in [0.2, 0.25) is 0 Å². The Morgan fingerprint density at radius 1 is 1.45 bits per heavy atom. The lowest BCUT2D eigenvalue weighted by Gasteiger charge is -2.29. The van der Waals surface area contributed by atoms with E-state index < -0.39 is 0 Å². The van der Waals surface area contributed by atoms with Gasteiger partial charge in [-0.3, -0.25) is 4.79 Å². The van der Waals surface area contributed by atoms with Gasteiger partial charge in [0.2, 0.25) is 5.91 Å². The van der Waals surface area contributed by atoms with Crippen LogP contribution in [-0.4, -0.2) is 19.0 Å². The first kappa shape index (κ1) is 17.5. The van der Waals surface area contributed by atoms with Crippen LogP contribution >= 0.6 is 23.7 Å². The third-order valence-electron chi connectivity index (χ3n) is 4.31. The van der Waals surface area contributed by atoms with Crippen LogP contribution < -0.4 is 11.1 Å². The van der Waals surface area contributed by atoms with E-state index in [4.69, 9.17) is 5.73 Å². The Kier molecular flexibility index (Phi) is 6.05. The summed E-state index contributed by atoms with van der Waals surface area (Å²) in [4.78, 5) is 13.7. The topological polar surface area (TPSA) is 55.1 Å². The molecule has 1 aromatic rings. The van der Waals surface area contributed by atoms with Crippen LogP contribution in [0.4, 0.5) is 0 Å². The second-order valence-corrected chi connectivity index (χ2v) is 7.18. The average molecular weight is 317 g/mol. The molecule has 0 aromatic carbocycles. The molecule has 1 heterocycles. The van der Waals surface area contributed by atoms with Gasteiger partial charge < -0.3 is 11.1 Å². The molecule has 0 radical (unpaired) electrons. The molecule has 1 amide bonds. The largest absolute Gasteiger partial charge is 0.355 e. The van der Waals surface area contributed by atoms with Gasteiger partial charge in [-0.25, -0.2) is 0 Å². The summed E-state index contributed by atoms with van der Waals surface area (Å²) < 4.78 is 0. The molecule has 114 valence electrons. The number of halogens is 1. The maximum Gasteiger partial charge on any atom is 0.227 e. The Morgan fingerprint density at radius 3 is 2.60 bits per heavy atom. The molecule has 0 atom stereocenters. The minimum absolute atomic E-state index is 0. The van der Waals surface area contributed by atoms with Gasteiger partial charge in [0.15, 0.2) is 0 Å². The predicted octanol–water partition coefficient (Wildman–Crippen LogP) is 3.08. The zero-order valence-corrected chi connectivity index (χ0v) is 13.9. The van der Waals surface area contributed by atoms with E-state index in [-0.39, 0.29) is 29.1 Å². The quantitative estimate of drug-likeness (QED) is 0.877. The molecule has 0 unspecified atom stereocenters. The Labute approximate surface area is 131 Å². The Morgan fingerprint density at radius 2 is 2.10 bits per heavy atom. The van der Waals surface area contributed by atoms with Crippen LogP contribution in [0, 0.1) is 5.41 Å². The first-order chi connectivity index (χ1) is 9.00. The van der Waals surface area contributed by atoms with E-state index in [9.17, 15) is 4.79 Å². The summed E-state index contributed by atoms with van der Waals surface area (Å²) in [7, 11) is 0. The SMILES string of the molecule is CC(C)(CNC(=O)C1(CN)CCCC1)c1cccs1.Cl. The van der Waals surface area contributed by atoms with Gasteiger partial charge in [-0.15, -0.1) is 23.7 Å². The number of thiophene rings is 1. The van der Waals surface area contributed by atoms with Gasteiger partial charge >= 0.3 is 0 Å². The van der Waals surface area contributed by atoms with Crippen molar-refractivity contribution in [3.8, 4) is 0 Å². The van der Waals surface area contributed by atoms with Crippen molar-refractivity contribution >= 4 is 29.7 Å². The van der Waals surface area contributed by atoms with Crippen molar-refractivity contribution in [2.45, 2.75) is 44.9 Å². The van der Waals surface area contributed by atoms with E-state index in [2.05, 4.69) is 36.7 Å². The van der Waals surface area contributed by atoms with Gasteiger partial charge in [-0.05, 0) is 24.3 Å². The van der Waals surface area contributed by atoms with Crippen LogP contribution in [0.15, 0.2) is 17.5 Å². The van der Waals surface area contributed by atoms with Crippen molar-refractivity contribution in [1.29, 1.82) is 0 Å². The Bertz CT molecular complexity index is 425. The second-order valence-electron chi connectivity index (χ2n) is 6.24. The lowest BCUT2D eigenvalue weighted by atomic mass is 9.84. The smallest absolute Gasteiger partial charge is 0.227 e. The molecule has 0 aliphatic heterocycles. The first-order valence-corrected chi connectivity index (χ1v) is 7.90. The number of nitrogens with one attached hydrogen (secondary N) is 1. The molecule has 3 nitrogen and oxygen atoms in total. The second kappa shape index (κ2) is 6.92. The molecule has 0 spiro atoms. The molecule has 3 N–H and O–H groups in total. The van der Waals surface area contributed by atoms with E-state index in [1.54, 1.807) is 11.3 Å². The Balaban J connectivity index is 0.00000200. The van der Waals surface area contributed by atoms with Gasteiger partial charge in [0.05, 0.1) is 5.41 Å². The van der Waals surface area contributed by atoms with E-state index in [0.717, 1.165) is 25.7 Å². The monoisotopic (exact) mass is 316 g/mol. The summed E-state index contributed by atoms with van der Waals surface area (Å²) in [6.07, 6.45) is 4.13. The summed E-state index contributed by atoms with van der Waals surface area (Å²) in [5, 5.41) is 5.21. The number of hydrogen-bond donors (Lipinski definition) is 2. The van der Waals surface area contributed by atoms with Crippen LogP contribution in [0.25, 0.3) is 0 Å². The van der Waals surface area contributed by atoms with Crippen molar-refractivity contribution in [3.63, 3.8) is 0 Å². The van der Waals surface area contributed by atoms with Crippen molar-refractivity contribution in [1.82, 2.24) is 5.32 Å². The van der Waals surface area contributed by atoms with Crippen molar-refractivity contribution < 1.29 is 4.79 Å². The van der Waals surface area contributed by atoms with Gasteiger partial charge in [0, 0.05) is 23.4 Å². The van der Waals surface area contributed by atoms with Crippen LogP contribution in [0.3, 0.4) is 0 Å². The third kappa shape index (κ3) is 3.54. The third-order valence-corrected chi connectivity index (χ3v) is 5.55. The molecule has 1 aromatic heterocycles. The standard InChI is InChI=1S/C15H24N2OS.ClH/c1-14(2,12-6-5-9-19-12)11-17-13(18)15(10-16)7-3-4-8-15;/h5-6,9H,3-4,7-8,10-11,16H2,1-2H3,(H,17,18);1H. The van der Waals surface area contributed by atoms with Gasteiger partial charge in [0.25, 0.3) is 0 Å². The van der Waals surface area contributed by atoms with Crippen LogP contribution in [0.5, 0.6) is 0 Å². The number of hydrogen-bond acceptors (Lipinski definition) is 3. The number of rotatable bonds is 5. The molecule has 5 heteroatoms. The molecule has 20 heavy (non-hydrogen) atoms. The fraction of sp³-hybridized carbons (Fsp3) is 0.667. The number of carbonyl (C=O) groups is 1. The normalized spacial score (nSPS) is 17.6. The average Bonchev–Trinajstić information content (AvgIpc) is 3.07. The van der Waals surface area contributed by atoms with E-state index >= 15 is 0 Å². The minimum atomic E-state index is -0.300. The lowest BCUT2D eigenvalue weighted by molar-refractivity contribution is -0.130. The predicted molar refractivity (Wildman–Crippen MR) is 87.6 cm³/mol. The van der Waals surface area contributed by atoms with Crippen molar-refractivity contribution in [2.24, 2.45) is 11.1 Å². The molecule has 1 aliphatic rings. The number of nitrogens with two attached hydrogens (primary N) is 1. The summed E-state index contributed by atoms with van der Waals surface area (Å²) in [5.41, 5.74) is 5.53. The molecule has 1 fully saturated rings. The zero-order chi connectivity index (χ0) is 13.9. The van der Waals surface area contributed by atoms with Gasteiger partial charge in [0.1, 0.15) is 0 Å². The molecule has 2 rings (SSSR count). The van der Waals surface area contributed by atoms with Crippen LogP contribution in [0.1, 0.15) is 44.4 Å². The summed E-state index contributed by atoms with van der Waals surface area (Å²) >= 11 is 1.74. The van der Waals surface area contributed by atoms with E-state index in [0.29, 0.717) is 13.1 Å². The first-order valence-electron chi connectivity index (χ1n) is 7.03. The highest BCUT2D eigenvalue weighted by molar-refractivity contribution is 7.10. The van der Waals surface area contributed by atoms with Crippen molar-refractivity contribution in [3.05, 3.63) is 22.4 Å². The Hall–Kier alpha value is -0.580. The molecule has 0 bridgehead atoms. The highest BCUT2D eigenvalue weighted by Crippen LogP contribution is 2.37. The number of carbonyl (C=O) groups excluding carboxylic acids is 1. The molecule has 0 saturated heterocycles. The fourth-order valence-electron chi connectivity index (χ4n) is 2.82. The summed E-state index contributed by atoms with van der Waals surface area (Å²) in [6.45, 7) is 5.48. The molecule has 1 aliphatic carbocycles. The highest BCUT2D eigenvalue weighted by Gasteiger charge is 2.40. The molecular weight excluding hydrogens is 292 g/mol. The highest BCUT2D eigenvalue weighted by atomic mass is 35.5. The van der Waals surface area contributed by atoms with Crippen molar-refractivity contribution in [2.75, 3.05) is 13.1 Å². The minimum Gasteiger partial charge on any atom is -0.355 e. The molecular formula is C15H25ClN2OS. The zero-order valence-electron chi connectivity index (χ0n) is 12.3. The van der Waals surface area contributed by atoms with Gasteiger partial charge in [-0.2, -0.15) is 0 Å². The van der Waals surface area contributed by atoms with Crippen LogP contribution in [-0.2, 0) is 10.2 Å². The molecule has 1 saturated carbocycles. The maximum absolute atomic E-state index is 12.4. The number of amides is 1.